The summed E-state index contributed by atoms with van der Waals surface area (Å²) in [7, 11) is 0. The van der Waals surface area contributed by atoms with Crippen molar-refractivity contribution in [3.8, 4) is 0 Å². The van der Waals surface area contributed by atoms with E-state index in [4.69, 9.17) is 0 Å². The highest BCUT2D eigenvalue weighted by atomic mass is 16.4. The molecule has 0 aliphatic rings. The predicted octanol–water partition coefficient (Wildman–Crippen LogP) is 4.55. The summed E-state index contributed by atoms with van der Waals surface area (Å²) in [4.78, 5) is 22.3. The van der Waals surface area contributed by atoms with Gasteiger partial charge in [-0.3, -0.25) is 9.59 Å². The highest BCUT2D eigenvalue weighted by Gasteiger charge is 2.27. The van der Waals surface area contributed by atoms with E-state index < -0.39 is 22.8 Å². The minimum atomic E-state index is -0.758. The summed E-state index contributed by atoms with van der Waals surface area (Å²) in [6.45, 7) is 7.04. The average Bonchev–Trinajstić information content (AvgIpc) is 2.48. The number of aliphatic carboxylic acids is 2. The maximum atomic E-state index is 11.2. The molecule has 24 heavy (non-hydrogen) atoms. The fourth-order valence-corrected chi connectivity index (χ4v) is 2.70. The first kappa shape index (κ1) is 20.2. The van der Waals surface area contributed by atoms with Crippen molar-refractivity contribution >= 4 is 11.9 Å². The first-order chi connectivity index (χ1) is 11.1. The molecule has 0 radical (unpaired) electrons. The monoisotopic (exact) mass is 334 g/mol. The Balaban J connectivity index is 2.59. The summed E-state index contributed by atoms with van der Waals surface area (Å²) >= 11 is 0. The van der Waals surface area contributed by atoms with Gasteiger partial charge in [0.1, 0.15) is 0 Å². The number of benzene rings is 1. The van der Waals surface area contributed by atoms with Crippen LogP contribution in [0, 0.1) is 10.8 Å². The molecule has 0 saturated heterocycles. The van der Waals surface area contributed by atoms with Gasteiger partial charge in [0.25, 0.3) is 0 Å². The van der Waals surface area contributed by atoms with Crippen molar-refractivity contribution in [1.82, 2.24) is 0 Å². The largest absolute Gasteiger partial charge is 0.481 e. The van der Waals surface area contributed by atoms with Crippen LogP contribution in [0.3, 0.4) is 0 Å². The summed E-state index contributed by atoms with van der Waals surface area (Å²) in [5.41, 5.74) is 1.10. The fraction of sp³-hybridized carbons (Fsp3) is 0.600. The summed E-state index contributed by atoms with van der Waals surface area (Å²) in [5.74, 6) is -1.52. The van der Waals surface area contributed by atoms with E-state index in [0.717, 1.165) is 25.7 Å². The van der Waals surface area contributed by atoms with Gasteiger partial charge in [-0.1, -0.05) is 24.3 Å². The van der Waals surface area contributed by atoms with Gasteiger partial charge in [0, 0.05) is 0 Å². The maximum Gasteiger partial charge on any atom is 0.309 e. The quantitative estimate of drug-likeness (QED) is 0.658. The molecule has 0 aromatic heterocycles. The Bertz CT molecular complexity index is 522. The molecule has 0 bridgehead atoms. The first-order valence-corrected chi connectivity index (χ1v) is 8.60. The van der Waals surface area contributed by atoms with Crippen molar-refractivity contribution in [2.24, 2.45) is 10.8 Å². The summed E-state index contributed by atoms with van der Waals surface area (Å²) in [6, 6.07) is 8.18. The zero-order valence-electron chi connectivity index (χ0n) is 15.3. The molecule has 0 amide bonds. The number of rotatable bonds is 10. The van der Waals surface area contributed by atoms with Gasteiger partial charge in [-0.25, -0.2) is 0 Å². The second-order valence-electron chi connectivity index (χ2n) is 7.85. The van der Waals surface area contributed by atoms with Crippen molar-refractivity contribution in [2.45, 2.75) is 66.2 Å². The zero-order chi connectivity index (χ0) is 18.4. The van der Waals surface area contributed by atoms with Gasteiger partial charge in [0.15, 0.2) is 0 Å². The minimum Gasteiger partial charge on any atom is -0.481 e. The van der Waals surface area contributed by atoms with Crippen molar-refractivity contribution in [3.63, 3.8) is 0 Å². The molecule has 0 saturated carbocycles. The Kier molecular flexibility index (Phi) is 7.00. The van der Waals surface area contributed by atoms with Crippen LogP contribution in [-0.2, 0) is 22.4 Å². The zero-order valence-corrected chi connectivity index (χ0v) is 15.3. The topological polar surface area (TPSA) is 74.6 Å². The fourth-order valence-electron chi connectivity index (χ4n) is 2.70. The Morgan fingerprint density at radius 3 is 1.42 bits per heavy atom. The lowest BCUT2D eigenvalue weighted by Crippen LogP contribution is -2.23. The number of carbonyl (C=O) groups is 2. The number of carboxylic acid groups (broad SMARTS) is 2. The SMILES string of the molecule is CC(C)(CCCc1ccccc1CCCC(C)(C)C(=O)O)C(=O)O. The summed E-state index contributed by atoms with van der Waals surface area (Å²) in [6.07, 6.45) is 4.66. The highest BCUT2D eigenvalue weighted by Crippen LogP contribution is 2.26. The van der Waals surface area contributed by atoms with Crippen LogP contribution >= 0.6 is 0 Å². The molecule has 0 unspecified atom stereocenters. The highest BCUT2D eigenvalue weighted by molar-refractivity contribution is 5.73. The number of aryl methyl sites for hydroxylation is 2. The van der Waals surface area contributed by atoms with E-state index >= 15 is 0 Å². The molecular formula is C20H30O4. The van der Waals surface area contributed by atoms with Gasteiger partial charge < -0.3 is 10.2 Å². The van der Waals surface area contributed by atoms with Crippen molar-refractivity contribution in [3.05, 3.63) is 35.4 Å². The average molecular weight is 334 g/mol. The lowest BCUT2D eigenvalue weighted by atomic mass is 9.85. The first-order valence-electron chi connectivity index (χ1n) is 8.60. The minimum absolute atomic E-state index is 0.642. The van der Waals surface area contributed by atoms with E-state index in [1.807, 2.05) is 12.1 Å². The van der Waals surface area contributed by atoms with Gasteiger partial charge in [-0.15, -0.1) is 0 Å². The van der Waals surface area contributed by atoms with E-state index in [1.54, 1.807) is 27.7 Å². The molecule has 0 heterocycles. The van der Waals surface area contributed by atoms with E-state index in [0.29, 0.717) is 12.8 Å². The number of carboxylic acids is 2. The van der Waals surface area contributed by atoms with E-state index in [9.17, 15) is 19.8 Å². The lowest BCUT2D eigenvalue weighted by molar-refractivity contribution is -0.148. The second-order valence-corrected chi connectivity index (χ2v) is 7.85. The smallest absolute Gasteiger partial charge is 0.309 e. The Morgan fingerprint density at radius 1 is 0.792 bits per heavy atom. The van der Waals surface area contributed by atoms with Crippen LogP contribution in [-0.4, -0.2) is 22.2 Å². The molecule has 134 valence electrons. The Hall–Kier alpha value is -1.84. The summed E-state index contributed by atoms with van der Waals surface area (Å²) < 4.78 is 0. The van der Waals surface area contributed by atoms with Crippen molar-refractivity contribution in [2.75, 3.05) is 0 Å². The van der Waals surface area contributed by atoms with Crippen LogP contribution in [0.25, 0.3) is 0 Å². The van der Waals surface area contributed by atoms with Crippen molar-refractivity contribution < 1.29 is 19.8 Å². The molecule has 4 heteroatoms. The summed E-state index contributed by atoms with van der Waals surface area (Å²) in [5, 5.41) is 18.4. The molecular weight excluding hydrogens is 304 g/mol. The van der Waals surface area contributed by atoms with Crippen molar-refractivity contribution in [1.29, 1.82) is 0 Å². The third-order valence-corrected chi connectivity index (χ3v) is 4.77. The molecule has 0 aliphatic heterocycles. The van der Waals surface area contributed by atoms with Crippen LogP contribution in [0.5, 0.6) is 0 Å². The standard InChI is InChI=1S/C20H30O4/c1-19(2,17(21)22)13-7-11-15-9-5-6-10-16(15)12-8-14-20(3,4)18(23)24/h5-6,9-10H,7-8,11-14H2,1-4H3,(H,21,22)(H,23,24). The Morgan fingerprint density at radius 2 is 1.12 bits per heavy atom. The predicted molar refractivity (Wildman–Crippen MR) is 95.2 cm³/mol. The number of hydrogen-bond donors (Lipinski definition) is 2. The molecule has 0 atom stereocenters. The van der Waals surface area contributed by atoms with E-state index in [2.05, 4.69) is 12.1 Å². The van der Waals surface area contributed by atoms with Gasteiger partial charge in [0.05, 0.1) is 10.8 Å². The maximum absolute atomic E-state index is 11.2. The van der Waals surface area contributed by atoms with Crippen LogP contribution in [0.2, 0.25) is 0 Å². The van der Waals surface area contributed by atoms with Crippen LogP contribution in [0.15, 0.2) is 24.3 Å². The molecule has 0 aliphatic carbocycles. The van der Waals surface area contributed by atoms with Gasteiger partial charge >= 0.3 is 11.9 Å². The van der Waals surface area contributed by atoms with Crippen LogP contribution in [0.4, 0.5) is 0 Å². The van der Waals surface area contributed by atoms with E-state index in [1.165, 1.54) is 11.1 Å². The molecule has 1 aromatic rings. The molecule has 2 N–H and O–H groups in total. The molecule has 0 fully saturated rings. The third-order valence-electron chi connectivity index (χ3n) is 4.77. The molecule has 0 spiro atoms. The Labute approximate surface area is 144 Å². The van der Waals surface area contributed by atoms with Gasteiger partial charge in [0.2, 0.25) is 0 Å². The van der Waals surface area contributed by atoms with Crippen LogP contribution in [0.1, 0.15) is 64.5 Å². The normalized spacial score (nSPS) is 12.2. The second kappa shape index (κ2) is 8.32. The lowest BCUT2D eigenvalue weighted by Gasteiger charge is -2.20. The number of hydrogen-bond acceptors (Lipinski definition) is 2. The van der Waals surface area contributed by atoms with Crippen LogP contribution < -0.4 is 0 Å². The molecule has 1 aromatic carbocycles. The van der Waals surface area contributed by atoms with Gasteiger partial charge in [-0.05, 0) is 77.3 Å². The molecule has 4 nitrogen and oxygen atoms in total. The van der Waals surface area contributed by atoms with Gasteiger partial charge in [-0.2, -0.15) is 0 Å². The molecule has 1 rings (SSSR count). The third kappa shape index (κ3) is 5.99. The van der Waals surface area contributed by atoms with E-state index in [-0.39, 0.29) is 0 Å².